The normalized spacial score (nSPS) is 27.8. The average Bonchev–Trinajstić information content (AvgIpc) is 2.54. The van der Waals surface area contributed by atoms with Gasteiger partial charge in [0, 0.05) is 6.21 Å². The smallest absolute Gasteiger partial charge is 0.407 e. The SMILES string of the molecule is O=C1N[C@@H](C2=CCCC=N2)CO1. The van der Waals surface area contributed by atoms with E-state index in [0.717, 1.165) is 18.5 Å². The van der Waals surface area contributed by atoms with Gasteiger partial charge in [-0.2, -0.15) is 0 Å². The van der Waals surface area contributed by atoms with Crippen LogP contribution in [-0.4, -0.2) is 25.0 Å². The Balaban J connectivity index is 2.05. The molecule has 1 fully saturated rings. The van der Waals surface area contributed by atoms with Crippen LogP contribution in [0.25, 0.3) is 0 Å². The number of carbonyl (C=O) groups is 1. The van der Waals surface area contributed by atoms with Crippen LogP contribution in [0.1, 0.15) is 12.8 Å². The van der Waals surface area contributed by atoms with Gasteiger partial charge < -0.3 is 10.1 Å². The van der Waals surface area contributed by atoms with E-state index >= 15 is 0 Å². The second-order valence-electron chi connectivity index (χ2n) is 2.81. The number of carbonyl (C=O) groups excluding carboxylic acids is 1. The molecule has 64 valence electrons. The first kappa shape index (κ1) is 7.34. The predicted octanol–water partition coefficient (Wildman–Crippen LogP) is 0.843. The molecule has 2 aliphatic rings. The van der Waals surface area contributed by atoms with E-state index in [4.69, 9.17) is 4.74 Å². The molecule has 2 rings (SSSR count). The van der Waals surface area contributed by atoms with Crippen molar-refractivity contribution in [1.82, 2.24) is 5.32 Å². The highest BCUT2D eigenvalue weighted by Crippen LogP contribution is 2.14. The van der Waals surface area contributed by atoms with Crippen molar-refractivity contribution in [2.45, 2.75) is 18.9 Å². The first-order chi connectivity index (χ1) is 5.86. The van der Waals surface area contributed by atoms with Crippen molar-refractivity contribution >= 4 is 12.3 Å². The summed E-state index contributed by atoms with van der Waals surface area (Å²) in [6, 6.07) is -0.0333. The van der Waals surface area contributed by atoms with Gasteiger partial charge in [-0.3, -0.25) is 4.99 Å². The summed E-state index contributed by atoms with van der Waals surface area (Å²) < 4.78 is 4.75. The van der Waals surface area contributed by atoms with E-state index in [0.29, 0.717) is 6.61 Å². The van der Waals surface area contributed by atoms with Gasteiger partial charge in [0.25, 0.3) is 0 Å². The summed E-state index contributed by atoms with van der Waals surface area (Å²) in [5, 5.41) is 2.68. The third kappa shape index (κ3) is 1.32. The minimum absolute atomic E-state index is 0.0333. The summed E-state index contributed by atoms with van der Waals surface area (Å²) >= 11 is 0. The lowest BCUT2D eigenvalue weighted by Crippen LogP contribution is -2.28. The maximum absolute atomic E-state index is 10.7. The van der Waals surface area contributed by atoms with E-state index in [2.05, 4.69) is 10.3 Å². The maximum Gasteiger partial charge on any atom is 0.407 e. The van der Waals surface area contributed by atoms with Gasteiger partial charge in [-0.1, -0.05) is 6.08 Å². The van der Waals surface area contributed by atoms with Gasteiger partial charge in [0.05, 0.1) is 5.70 Å². The summed E-state index contributed by atoms with van der Waals surface area (Å²) in [5.41, 5.74) is 0.923. The molecule has 1 saturated heterocycles. The number of hydrogen-bond donors (Lipinski definition) is 1. The van der Waals surface area contributed by atoms with Gasteiger partial charge in [-0.15, -0.1) is 0 Å². The van der Waals surface area contributed by atoms with Crippen molar-refractivity contribution in [1.29, 1.82) is 0 Å². The van der Waals surface area contributed by atoms with Crippen LogP contribution in [0.3, 0.4) is 0 Å². The lowest BCUT2D eigenvalue weighted by atomic mass is 10.1. The molecule has 1 N–H and O–H groups in total. The first-order valence-electron chi connectivity index (χ1n) is 4.02. The molecular formula is C8H10N2O2. The first-order valence-corrected chi connectivity index (χ1v) is 4.02. The molecule has 0 aromatic rings. The van der Waals surface area contributed by atoms with Crippen molar-refractivity contribution in [2.24, 2.45) is 4.99 Å². The highest BCUT2D eigenvalue weighted by atomic mass is 16.6. The summed E-state index contributed by atoms with van der Waals surface area (Å²) in [4.78, 5) is 14.9. The van der Waals surface area contributed by atoms with Crippen LogP contribution >= 0.6 is 0 Å². The van der Waals surface area contributed by atoms with Crippen molar-refractivity contribution in [3.05, 3.63) is 11.8 Å². The zero-order valence-corrected chi connectivity index (χ0v) is 6.62. The molecule has 2 aliphatic heterocycles. The number of ether oxygens (including phenoxy) is 1. The highest BCUT2D eigenvalue weighted by molar-refractivity contribution is 5.71. The fraction of sp³-hybridized carbons (Fsp3) is 0.500. The number of nitrogens with zero attached hydrogens (tertiary/aromatic N) is 1. The Morgan fingerprint density at radius 1 is 1.58 bits per heavy atom. The Hall–Kier alpha value is -1.32. The molecule has 0 unspecified atom stereocenters. The van der Waals surface area contributed by atoms with Gasteiger partial charge >= 0.3 is 6.09 Å². The van der Waals surface area contributed by atoms with Crippen molar-refractivity contribution in [3.8, 4) is 0 Å². The average molecular weight is 166 g/mol. The summed E-state index contributed by atoms with van der Waals surface area (Å²) in [6.45, 7) is 0.405. The van der Waals surface area contributed by atoms with E-state index in [1.807, 2.05) is 12.3 Å². The van der Waals surface area contributed by atoms with E-state index < -0.39 is 0 Å². The van der Waals surface area contributed by atoms with E-state index in [-0.39, 0.29) is 12.1 Å². The molecule has 4 heteroatoms. The zero-order valence-electron chi connectivity index (χ0n) is 6.62. The van der Waals surface area contributed by atoms with Crippen LogP contribution in [0.5, 0.6) is 0 Å². The van der Waals surface area contributed by atoms with Crippen LogP contribution in [0.4, 0.5) is 4.79 Å². The van der Waals surface area contributed by atoms with Crippen LogP contribution in [0.2, 0.25) is 0 Å². The topological polar surface area (TPSA) is 50.7 Å². The zero-order chi connectivity index (χ0) is 8.39. The lowest BCUT2D eigenvalue weighted by molar-refractivity contribution is 0.177. The molecule has 0 aromatic carbocycles. The number of nitrogens with one attached hydrogen (secondary N) is 1. The van der Waals surface area contributed by atoms with Crippen LogP contribution in [0, 0.1) is 0 Å². The van der Waals surface area contributed by atoms with Gasteiger partial charge in [0.1, 0.15) is 12.6 Å². The Labute approximate surface area is 70.3 Å². The van der Waals surface area contributed by atoms with Crippen molar-refractivity contribution in [3.63, 3.8) is 0 Å². The molecule has 2 heterocycles. The molecule has 0 radical (unpaired) electrons. The van der Waals surface area contributed by atoms with Crippen molar-refractivity contribution in [2.75, 3.05) is 6.61 Å². The number of hydrogen-bond acceptors (Lipinski definition) is 3. The van der Waals surface area contributed by atoms with Crippen LogP contribution in [0.15, 0.2) is 16.8 Å². The Bertz CT molecular complexity index is 258. The number of aliphatic imine (C=N–C) groups is 1. The largest absolute Gasteiger partial charge is 0.447 e. The second kappa shape index (κ2) is 2.97. The number of cyclic esters (lactones) is 1. The molecule has 0 aromatic heterocycles. The van der Waals surface area contributed by atoms with Crippen molar-refractivity contribution < 1.29 is 9.53 Å². The van der Waals surface area contributed by atoms with Gasteiger partial charge in [-0.25, -0.2) is 4.79 Å². The summed E-state index contributed by atoms with van der Waals surface area (Å²) in [6.07, 6.45) is 5.57. The van der Waals surface area contributed by atoms with Crippen LogP contribution in [-0.2, 0) is 4.74 Å². The molecular weight excluding hydrogens is 156 g/mol. The Morgan fingerprint density at radius 3 is 3.08 bits per heavy atom. The fourth-order valence-corrected chi connectivity index (χ4v) is 1.30. The van der Waals surface area contributed by atoms with E-state index in [9.17, 15) is 4.79 Å². The number of alkyl carbamates (subject to hydrolysis) is 1. The molecule has 4 nitrogen and oxygen atoms in total. The molecule has 0 spiro atoms. The van der Waals surface area contributed by atoms with Gasteiger partial charge in [0.15, 0.2) is 0 Å². The monoisotopic (exact) mass is 166 g/mol. The molecule has 1 amide bonds. The van der Waals surface area contributed by atoms with Crippen LogP contribution < -0.4 is 5.32 Å². The highest BCUT2D eigenvalue weighted by Gasteiger charge is 2.25. The van der Waals surface area contributed by atoms with E-state index in [1.165, 1.54) is 0 Å². The minimum Gasteiger partial charge on any atom is -0.447 e. The Kier molecular flexibility index (Phi) is 1.81. The molecule has 0 bridgehead atoms. The molecule has 0 saturated carbocycles. The lowest BCUT2D eigenvalue weighted by Gasteiger charge is -2.10. The minimum atomic E-state index is -0.346. The van der Waals surface area contributed by atoms with E-state index in [1.54, 1.807) is 0 Å². The molecule has 12 heavy (non-hydrogen) atoms. The third-order valence-electron chi connectivity index (χ3n) is 1.92. The predicted molar refractivity (Wildman–Crippen MR) is 44.1 cm³/mol. The Morgan fingerprint density at radius 2 is 2.50 bits per heavy atom. The third-order valence-corrected chi connectivity index (χ3v) is 1.92. The summed E-state index contributed by atoms with van der Waals surface area (Å²) in [5.74, 6) is 0. The van der Waals surface area contributed by atoms with Gasteiger partial charge in [0.2, 0.25) is 0 Å². The molecule has 1 atom stereocenters. The number of rotatable bonds is 1. The fourth-order valence-electron chi connectivity index (χ4n) is 1.30. The standard InChI is InChI=1S/C8H10N2O2/c11-8-10-7(5-12-8)6-3-1-2-4-9-6/h3-4,7H,1-2,5H2,(H,10,11)/t7-/m1/s1. The second-order valence-corrected chi connectivity index (χ2v) is 2.81. The quantitative estimate of drug-likeness (QED) is 0.627. The maximum atomic E-state index is 10.7. The molecule has 0 aliphatic carbocycles. The van der Waals surface area contributed by atoms with Gasteiger partial charge in [-0.05, 0) is 12.8 Å². The summed E-state index contributed by atoms with van der Waals surface area (Å²) in [7, 11) is 0. The number of allylic oxidation sites excluding steroid dienone is 1. The number of amides is 1.